The first-order chi connectivity index (χ1) is 13.0. The van der Waals surface area contributed by atoms with Crippen LogP contribution in [0.2, 0.25) is 0 Å². The van der Waals surface area contributed by atoms with Crippen molar-refractivity contribution in [3.63, 3.8) is 0 Å². The highest BCUT2D eigenvalue weighted by Crippen LogP contribution is 2.23. The predicted molar refractivity (Wildman–Crippen MR) is 105 cm³/mol. The van der Waals surface area contributed by atoms with Gasteiger partial charge in [-0.3, -0.25) is 4.79 Å². The van der Waals surface area contributed by atoms with Crippen molar-refractivity contribution in [2.75, 3.05) is 0 Å². The van der Waals surface area contributed by atoms with Gasteiger partial charge in [-0.2, -0.15) is 14.3 Å². The first-order valence-electron chi connectivity index (χ1n) is 8.42. The van der Waals surface area contributed by atoms with Gasteiger partial charge in [0.25, 0.3) is 5.56 Å². The Bertz CT molecular complexity index is 1180. The number of nitrogens with zero attached hydrogens (tertiary/aromatic N) is 7. The van der Waals surface area contributed by atoms with Gasteiger partial charge in [-0.15, -0.1) is 5.10 Å². The number of hydrogen-bond donors (Lipinski definition) is 0. The molecule has 3 aromatic heterocycles. The van der Waals surface area contributed by atoms with Crippen molar-refractivity contribution in [2.45, 2.75) is 38.1 Å². The van der Waals surface area contributed by atoms with Crippen LogP contribution >= 0.6 is 23.1 Å². The van der Waals surface area contributed by atoms with Crippen LogP contribution in [-0.4, -0.2) is 34.8 Å². The lowest BCUT2D eigenvalue weighted by molar-refractivity contribution is 0.755. The van der Waals surface area contributed by atoms with Crippen LogP contribution in [0.1, 0.15) is 28.8 Å². The van der Waals surface area contributed by atoms with Gasteiger partial charge >= 0.3 is 0 Å². The van der Waals surface area contributed by atoms with Crippen LogP contribution in [0.15, 0.2) is 34.2 Å². The zero-order valence-corrected chi connectivity index (χ0v) is 16.7. The predicted octanol–water partition coefficient (Wildman–Crippen LogP) is 2.60. The second-order valence-electron chi connectivity index (χ2n) is 6.06. The minimum Gasteiger partial charge on any atom is -0.267 e. The summed E-state index contributed by atoms with van der Waals surface area (Å²) in [5.74, 6) is 0.496. The average molecular weight is 400 g/mol. The van der Waals surface area contributed by atoms with E-state index in [1.165, 1.54) is 44.8 Å². The molecule has 0 amide bonds. The molecule has 0 atom stereocenters. The van der Waals surface area contributed by atoms with Gasteiger partial charge in [0.15, 0.2) is 0 Å². The van der Waals surface area contributed by atoms with Crippen molar-refractivity contribution >= 4 is 28.1 Å². The molecule has 0 aliphatic carbocycles. The van der Waals surface area contributed by atoms with E-state index in [2.05, 4.69) is 45.5 Å². The molecular formula is C17H17N7OS2. The van der Waals surface area contributed by atoms with Crippen LogP contribution in [0, 0.1) is 13.8 Å². The van der Waals surface area contributed by atoms with Crippen molar-refractivity contribution in [2.24, 2.45) is 0 Å². The van der Waals surface area contributed by atoms with E-state index in [1.807, 2.05) is 19.1 Å². The van der Waals surface area contributed by atoms with Crippen molar-refractivity contribution < 1.29 is 0 Å². The van der Waals surface area contributed by atoms with Crippen molar-refractivity contribution in [1.82, 2.24) is 34.8 Å². The first kappa shape index (κ1) is 17.8. The maximum atomic E-state index is 12.3. The molecule has 0 unspecified atom stereocenters. The average Bonchev–Trinajstić information content (AvgIpc) is 3.29. The Morgan fingerprint density at radius 2 is 2.04 bits per heavy atom. The summed E-state index contributed by atoms with van der Waals surface area (Å²) < 4.78 is 3.06. The summed E-state index contributed by atoms with van der Waals surface area (Å²) in [6.07, 6.45) is 0.780. The summed E-state index contributed by atoms with van der Waals surface area (Å²) in [5, 5.41) is 17.8. The molecule has 8 nitrogen and oxygen atoms in total. The minimum atomic E-state index is -0.166. The number of aromatic nitrogens is 7. The third-order valence-electron chi connectivity index (χ3n) is 4.17. The van der Waals surface area contributed by atoms with Gasteiger partial charge < -0.3 is 0 Å². The van der Waals surface area contributed by atoms with Crippen LogP contribution in [0.3, 0.4) is 0 Å². The second-order valence-corrected chi connectivity index (χ2v) is 8.04. The van der Waals surface area contributed by atoms with Gasteiger partial charge in [0.05, 0.1) is 11.4 Å². The van der Waals surface area contributed by atoms with Gasteiger partial charge in [0.1, 0.15) is 5.01 Å². The van der Waals surface area contributed by atoms with Crippen molar-refractivity contribution in [1.29, 1.82) is 0 Å². The van der Waals surface area contributed by atoms with Gasteiger partial charge in [-0.25, -0.2) is 4.98 Å². The number of tetrazole rings is 1. The summed E-state index contributed by atoms with van der Waals surface area (Å²) in [6, 6.07) is 7.61. The molecule has 3 heterocycles. The molecule has 0 spiro atoms. The summed E-state index contributed by atoms with van der Waals surface area (Å²) in [5.41, 5.74) is 3.82. The molecule has 0 aliphatic rings. The molecule has 0 bridgehead atoms. The van der Waals surface area contributed by atoms with Gasteiger partial charge in [0, 0.05) is 11.8 Å². The molecule has 0 radical (unpaired) electrons. The third kappa shape index (κ3) is 3.50. The third-order valence-corrected chi connectivity index (χ3v) is 6.17. The number of aryl methyl sites for hydroxylation is 3. The monoisotopic (exact) mass is 399 g/mol. The van der Waals surface area contributed by atoms with Crippen LogP contribution in [0.25, 0.3) is 10.6 Å². The molecule has 0 N–H and O–H groups in total. The molecule has 4 aromatic rings. The fourth-order valence-electron chi connectivity index (χ4n) is 2.54. The van der Waals surface area contributed by atoms with E-state index < -0.39 is 0 Å². The number of fused-ring (bicyclic) bond motifs is 1. The fraction of sp³-hybridized carbons (Fsp3) is 0.294. The van der Waals surface area contributed by atoms with E-state index in [1.54, 1.807) is 4.68 Å². The maximum Gasteiger partial charge on any atom is 0.275 e. The van der Waals surface area contributed by atoms with E-state index >= 15 is 0 Å². The molecule has 4 rings (SSSR count). The second kappa shape index (κ2) is 7.20. The number of thioether (sulfide) groups is 1. The smallest absolute Gasteiger partial charge is 0.267 e. The molecule has 0 aliphatic heterocycles. The normalized spacial score (nSPS) is 11.4. The van der Waals surface area contributed by atoms with E-state index in [9.17, 15) is 4.79 Å². The van der Waals surface area contributed by atoms with Crippen LogP contribution in [0.5, 0.6) is 0 Å². The van der Waals surface area contributed by atoms with E-state index in [0.717, 1.165) is 17.1 Å². The Morgan fingerprint density at radius 1 is 1.19 bits per heavy atom. The molecule has 27 heavy (non-hydrogen) atoms. The zero-order chi connectivity index (χ0) is 19.0. The molecule has 0 saturated heterocycles. The molecule has 1 aromatic carbocycles. The Labute approximate surface area is 163 Å². The largest absolute Gasteiger partial charge is 0.275 e. The molecule has 0 saturated carbocycles. The van der Waals surface area contributed by atoms with Gasteiger partial charge in [0.2, 0.25) is 10.1 Å². The molecule has 0 fully saturated rings. The quantitative estimate of drug-likeness (QED) is 0.476. The molecule has 10 heteroatoms. The van der Waals surface area contributed by atoms with Crippen molar-refractivity contribution in [3.05, 3.63) is 56.4 Å². The highest BCUT2D eigenvalue weighted by molar-refractivity contribution is 7.98. The fourth-order valence-corrected chi connectivity index (χ4v) is 4.18. The Kier molecular flexibility index (Phi) is 4.75. The molecule has 138 valence electrons. The Hall–Kier alpha value is -2.59. The lowest BCUT2D eigenvalue weighted by atomic mass is 10.1. The first-order valence-corrected chi connectivity index (χ1v) is 10.2. The summed E-state index contributed by atoms with van der Waals surface area (Å²) in [4.78, 5) is 17.4. The number of benzene rings is 1. The topological polar surface area (TPSA) is 90.9 Å². The van der Waals surface area contributed by atoms with E-state index in [0.29, 0.717) is 21.6 Å². The highest BCUT2D eigenvalue weighted by atomic mass is 32.2. The maximum absolute atomic E-state index is 12.3. The standard InChI is InChI=1S/C17H17N7OS2/c1-4-14-20-24-15(25)8-12(18-16(24)27-14)9-26-17-19-21-22-23(17)13-6-5-10(2)11(3)7-13/h5-8H,4,9H2,1-3H3. The van der Waals surface area contributed by atoms with E-state index in [-0.39, 0.29) is 5.56 Å². The summed E-state index contributed by atoms with van der Waals surface area (Å²) in [7, 11) is 0. The van der Waals surface area contributed by atoms with Crippen molar-refractivity contribution in [3.8, 4) is 5.69 Å². The Balaban J connectivity index is 1.59. The highest BCUT2D eigenvalue weighted by Gasteiger charge is 2.13. The van der Waals surface area contributed by atoms with E-state index in [4.69, 9.17) is 0 Å². The van der Waals surface area contributed by atoms with Gasteiger partial charge in [-0.05, 0) is 54.0 Å². The van der Waals surface area contributed by atoms with Gasteiger partial charge in [-0.1, -0.05) is 36.1 Å². The number of rotatable bonds is 5. The Morgan fingerprint density at radius 3 is 2.81 bits per heavy atom. The SMILES string of the molecule is CCc1nn2c(=O)cc(CSc3nnnn3-c3ccc(C)c(C)c3)nc2s1. The molecular weight excluding hydrogens is 382 g/mol. The minimum absolute atomic E-state index is 0.166. The lowest BCUT2D eigenvalue weighted by Crippen LogP contribution is -2.15. The lowest BCUT2D eigenvalue weighted by Gasteiger charge is -2.06. The number of hydrogen-bond acceptors (Lipinski definition) is 8. The summed E-state index contributed by atoms with van der Waals surface area (Å²) in [6.45, 7) is 6.13. The summed E-state index contributed by atoms with van der Waals surface area (Å²) >= 11 is 2.88. The van der Waals surface area contributed by atoms with Crippen LogP contribution < -0.4 is 5.56 Å². The van der Waals surface area contributed by atoms with Crippen LogP contribution in [-0.2, 0) is 12.2 Å². The zero-order valence-electron chi connectivity index (χ0n) is 15.1. The van der Waals surface area contributed by atoms with Crippen LogP contribution in [0.4, 0.5) is 0 Å².